The minimum Gasteiger partial charge on any atom is -0.352 e. The minimum absolute atomic E-state index is 0.0871. The van der Waals surface area contributed by atoms with E-state index >= 15 is 0 Å². The van der Waals surface area contributed by atoms with E-state index < -0.39 is 0 Å². The summed E-state index contributed by atoms with van der Waals surface area (Å²) in [6, 6.07) is 0. The Hall–Kier alpha value is -1.95. The second-order valence-corrected chi connectivity index (χ2v) is 5.69. The van der Waals surface area contributed by atoms with Crippen molar-refractivity contribution in [3.05, 3.63) is 29.7 Å². The number of rotatable bonds is 5. The molecule has 3 rings (SSSR count). The molecule has 1 fully saturated rings. The summed E-state index contributed by atoms with van der Waals surface area (Å²) in [5.74, 6) is 0.538. The number of carbonyl (C=O) groups excluding carboxylic acids is 1. The molecule has 3 N–H and O–H groups in total. The quantitative estimate of drug-likeness (QED) is 0.864. The molecular weight excluding hydrogens is 266 g/mol. The van der Waals surface area contributed by atoms with Gasteiger partial charge in [-0.1, -0.05) is 12.8 Å². The zero-order valence-electron chi connectivity index (χ0n) is 12.1. The number of hydrogen-bond donors (Lipinski definition) is 2. The highest BCUT2D eigenvalue weighted by Crippen LogP contribution is 2.23. The molecule has 0 aliphatic heterocycles. The van der Waals surface area contributed by atoms with Gasteiger partial charge in [-0.15, -0.1) is 0 Å². The van der Waals surface area contributed by atoms with Crippen LogP contribution in [0, 0.1) is 5.92 Å². The number of nitrogens with one attached hydrogen (secondary N) is 1. The Labute approximate surface area is 123 Å². The van der Waals surface area contributed by atoms with Crippen LogP contribution in [0.2, 0.25) is 0 Å². The molecule has 0 bridgehead atoms. The van der Waals surface area contributed by atoms with Crippen molar-refractivity contribution in [2.24, 2.45) is 11.7 Å². The molecule has 0 radical (unpaired) electrons. The van der Waals surface area contributed by atoms with Crippen LogP contribution in [0.3, 0.4) is 0 Å². The molecule has 6 nitrogen and oxygen atoms in total. The lowest BCUT2D eigenvalue weighted by Gasteiger charge is -2.09. The highest BCUT2D eigenvalue weighted by molar-refractivity contribution is 5.99. The van der Waals surface area contributed by atoms with Gasteiger partial charge in [0.05, 0.1) is 6.20 Å². The van der Waals surface area contributed by atoms with Crippen LogP contribution in [0.1, 0.15) is 41.6 Å². The minimum atomic E-state index is -0.0871. The van der Waals surface area contributed by atoms with Crippen LogP contribution in [0.15, 0.2) is 18.6 Å². The SMILES string of the molecule is NCCc1cnc2c(C(=O)NCC3CCCC3)cnn2c1. The maximum atomic E-state index is 12.3. The van der Waals surface area contributed by atoms with E-state index in [0.29, 0.717) is 23.7 Å². The smallest absolute Gasteiger partial charge is 0.256 e. The first-order chi connectivity index (χ1) is 10.3. The molecule has 0 atom stereocenters. The largest absolute Gasteiger partial charge is 0.352 e. The van der Waals surface area contributed by atoms with Crippen LogP contribution in [0.4, 0.5) is 0 Å². The van der Waals surface area contributed by atoms with Gasteiger partial charge in [0, 0.05) is 18.9 Å². The van der Waals surface area contributed by atoms with Crippen LogP contribution in [-0.4, -0.2) is 33.6 Å². The molecule has 6 heteroatoms. The summed E-state index contributed by atoms with van der Waals surface area (Å²) in [5, 5.41) is 7.22. The van der Waals surface area contributed by atoms with Crippen molar-refractivity contribution in [2.75, 3.05) is 13.1 Å². The standard InChI is InChI=1S/C15H21N5O/c16-6-5-12-8-17-14-13(9-19-20(14)10-12)15(21)18-7-11-3-1-2-4-11/h8-11H,1-7,16H2,(H,18,21). The van der Waals surface area contributed by atoms with E-state index in [1.165, 1.54) is 25.7 Å². The third kappa shape index (κ3) is 3.05. The Morgan fingerprint density at radius 2 is 2.19 bits per heavy atom. The molecule has 0 unspecified atom stereocenters. The van der Waals surface area contributed by atoms with Gasteiger partial charge in [0.2, 0.25) is 0 Å². The number of fused-ring (bicyclic) bond motifs is 1. The summed E-state index contributed by atoms with van der Waals surface area (Å²) in [6.07, 6.45) is 11.0. The van der Waals surface area contributed by atoms with Gasteiger partial charge in [0.25, 0.3) is 5.91 Å². The predicted octanol–water partition coefficient (Wildman–Crippen LogP) is 1.15. The highest BCUT2D eigenvalue weighted by Gasteiger charge is 2.18. The fourth-order valence-corrected chi connectivity index (χ4v) is 2.92. The van der Waals surface area contributed by atoms with Crippen LogP contribution < -0.4 is 11.1 Å². The van der Waals surface area contributed by atoms with Crippen LogP contribution in [-0.2, 0) is 6.42 Å². The number of hydrogen-bond acceptors (Lipinski definition) is 4. The van der Waals surface area contributed by atoms with Crippen molar-refractivity contribution in [3.8, 4) is 0 Å². The van der Waals surface area contributed by atoms with Crippen molar-refractivity contribution in [3.63, 3.8) is 0 Å². The number of amides is 1. The summed E-state index contributed by atoms with van der Waals surface area (Å²) in [5.41, 5.74) is 7.69. The van der Waals surface area contributed by atoms with Gasteiger partial charge in [0.1, 0.15) is 5.56 Å². The Morgan fingerprint density at radius 1 is 1.38 bits per heavy atom. The third-order valence-corrected chi connectivity index (χ3v) is 4.11. The van der Waals surface area contributed by atoms with E-state index in [0.717, 1.165) is 18.5 Å². The van der Waals surface area contributed by atoms with E-state index in [2.05, 4.69) is 15.4 Å². The second-order valence-electron chi connectivity index (χ2n) is 5.69. The summed E-state index contributed by atoms with van der Waals surface area (Å²) < 4.78 is 1.65. The maximum Gasteiger partial charge on any atom is 0.256 e. The van der Waals surface area contributed by atoms with Crippen molar-refractivity contribution in [1.29, 1.82) is 0 Å². The lowest BCUT2D eigenvalue weighted by atomic mass is 10.1. The molecule has 2 heterocycles. The lowest BCUT2D eigenvalue weighted by Crippen LogP contribution is -2.28. The van der Waals surface area contributed by atoms with E-state index in [1.807, 2.05) is 6.20 Å². The van der Waals surface area contributed by atoms with E-state index in [-0.39, 0.29) is 5.91 Å². The molecule has 1 saturated carbocycles. The fraction of sp³-hybridized carbons (Fsp3) is 0.533. The van der Waals surface area contributed by atoms with Crippen molar-refractivity contribution >= 4 is 11.6 Å². The molecule has 1 aliphatic carbocycles. The number of nitrogens with two attached hydrogens (primary N) is 1. The molecule has 1 amide bonds. The number of aromatic nitrogens is 3. The van der Waals surface area contributed by atoms with E-state index in [1.54, 1.807) is 16.9 Å². The molecule has 0 spiro atoms. The molecule has 2 aromatic rings. The molecular formula is C15H21N5O. The number of nitrogens with zero attached hydrogens (tertiary/aromatic N) is 3. The Balaban J connectivity index is 1.72. The van der Waals surface area contributed by atoms with Crippen molar-refractivity contribution in [2.45, 2.75) is 32.1 Å². The van der Waals surface area contributed by atoms with Gasteiger partial charge in [-0.05, 0) is 37.3 Å². The molecule has 0 saturated heterocycles. The summed E-state index contributed by atoms with van der Waals surface area (Å²) >= 11 is 0. The van der Waals surface area contributed by atoms with E-state index in [9.17, 15) is 4.79 Å². The van der Waals surface area contributed by atoms with Crippen molar-refractivity contribution in [1.82, 2.24) is 19.9 Å². The van der Waals surface area contributed by atoms with Gasteiger partial charge in [0.15, 0.2) is 5.65 Å². The fourth-order valence-electron chi connectivity index (χ4n) is 2.92. The second kappa shape index (κ2) is 6.22. The van der Waals surface area contributed by atoms with Gasteiger partial charge in [-0.2, -0.15) is 5.10 Å². The van der Waals surface area contributed by atoms with Crippen molar-refractivity contribution < 1.29 is 4.79 Å². The zero-order valence-corrected chi connectivity index (χ0v) is 12.1. The topological polar surface area (TPSA) is 85.3 Å². The predicted molar refractivity (Wildman–Crippen MR) is 80.0 cm³/mol. The van der Waals surface area contributed by atoms with Gasteiger partial charge in [-0.25, -0.2) is 9.50 Å². The Bertz CT molecular complexity index is 630. The molecule has 2 aromatic heterocycles. The number of carbonyl (C=O) groups is 1. The monoisotopic (exact) mass is 287 g/mol. The van der Waals surface area contributed by atoms with E-state index in [4.69, 9.17) is 5.73 Å². The summed E-state index contributed by atoms with van der Waals surface area (Å²) in [6.45, 7) is 1.32. The Morgan fingerprint density at radius 3 is 2.95 bits per heavy atom. The first-order valence-electron chi connectivity index (χ1n) is 7.58. The van der Waals surface area contributed by atoms with Crippen LogP contribution in [0.25, 0.3) is 5.65 Å². The summed E-state index contributed by atoms with van der Waals surface area (Å²) in [4.78, 5) is 16.6. The average Bonchev–Trinajstić information content (AvgIpc) is 3.14. The highest BCUT2D eigenvalue weighted by atomic mass is 16.1. The van der Waals surface area contributed by atoms with Gasteiger partial charge in [-0.3, -0.25) is 4.79 Å². The van der Waals surface area contributed by atoms with Gasteiger partial charge < -0.3 is 11.1 Å². The molecule has 112 valence electrons. The normalized spacial score (nSPS) is 15.7. The third-order valence-electron chi connectivity index (χ3n) is 4.11. The van der Waals surface area contributed by atoms with Gasteiger partial charge >= 0.3 is 0 Å². The maximum absolute atomic E-state index is 12.3. The Kier molecular flexibility index (Phi) is 4.15. The molecule has 21 heavy (non-hydrogen) atoms. The molecule has 0 aromatic carbocycles. The molecule has 1 aliphatic rings. The first kappa shape index (κ1) is 14.0. The average molecular weight is 287 g/mol. The van der Waals surface area contributed by atoms with Crippen LogP contribution in [0.5, 0.6) is 0 Å². The van der Waals surface area contributed by atoms with Crippen LogP contribution >= 0.6 is 0 Å². The lowest BCUT2D eigenvalue weighted by molar-refractivity contribution is 0.0949. The summed E-state index contributed by atoms with van der Waals surface area (Å²) in [7, 11) is 0. The first-order valence-corrected chi connectivity index (χ1v) is 7.58. The zero-order chi connectivity index (χ0) is 14.7.